The van der Waals surface area contributed by atoms with E-state index in [1.807, 2.05) is 19.2 Å². The Labute approximate surface area is 259 Å². The minimum atomic E-state index is -5.08. The van der Waals surface area contributed by atoms with Gasteiger partial charge in [0.15, 0.2) is 23.7 Å². The Balaban J connectivity index is 0.000000617. The molecule has 0 radical (unpaired) electrons. The van der Waals surface area contributed by atoms with Gasteiger partial charge in [-0.3, -0.25) is 9.59 Å². The minimum Gasteiger partial charge on any atom is -0.493 e. The molecule has 4 aliphatic rings. The standard InChI is InChI=1S/C27H31NO11.C2HF3O2/c1-13(36-20(30)12-18(24(31)32)37-14(2)29)25(33)38-17-7-8-27(34)19-11-15-5-6-16(35-4)22-21(15)26(27,23(17)39-22)9-10-28(19)3;3-2(4,5)1(6)7/h5-7,13,18-19,23,34H,8-12H2,1-4H3,(H,31,32);(H,6,7)/t13-,18-,19+,23-,26-,27+;/m0./s1. The van der Waals surface area contributed by atoms with Crippen LogP contribution in [0.15, 0.2) is 24.0 Å². The van der Waals surface area contributed by atoms with Crippen molar-refractivity contribution in [2.24, 2.45) is 0 Å². The molecule has 1 saturated heterocycles. The van der Waals surface area contributed by atoms with E-state index >= 15 is 0 Å². The number of hydrogen-bond acceptors (Lipinski definition) is 12. The Morgan fingerprint density at radius 2 is 1.80 bits per heavy atom. The van der Waals surface area contributed by atoms with Crippen molar-refractivity contribution in [2.75, 3.05) is 20.7 Å². The molecule has 2 aliphatic heterocycles. The molecule has 46 heavy (non-hydrogen) atoms. The van der Waals surface area contributed by atoms with Crippen molar-refractivity contribution in [3.63, 3.8) is 0 Å². The smallest absolute Gasteiger partial charge is 0.490 e. The average Bonchev–Trinajstić information content (AvgIpc) is 3.31. The second kappa shape index (κ2) is 12.4. The fraction of sp³-hybridized carbons (Fsp3) is 0.552. The monoisotopic (exact) mass is 659 g/mol. The van der Waals surface area contributed by atoms with Crippen LogP contribution in [0.5, 0.6) is 11.5 Å². The average molecular weight is 660 g/mol. The topological polar surface area (TPSA) is 195 Å². The van der Waals surface area contributed by atoms with Crippen LogP contribution >= 0.6 is 0 Å². The summed E-state index contributed by atoms with van der Waals surface area (Å²) in [5.41, 5.74) is -0.119. The van der Waals surface area contributed by atoms with Crippen molar-refractivity contribution in [2.45, 2.75) is 81.1 Å². The van der Waals surface area contributed by atoms with Gasteiger partial charge >= 0.3 is 36.0 Å². The second-order valence-corrected chi connectivity index (χ2v) is 11.3. The van der Waals surface area contributed by atoms with Crippen molar-refractivity contribution in [3.05, 3.63) is 35.1 Å². The van der Waals surface area contributed by atoms with E-state index < -0.39 is 71.8 Å². The van der Waals surface area contributed by atoms with Gasteiger partial charge < -0.3 is 43.9 Å². The summed E-state index contributed by atoms with van der Waals surface area (Å²) in [6.45, 7) is 3.00. The predicted molar refractivity (Wildman–Crippen MR) is 145 cm³/mol. The lowest BCUT2D eigenvalue weighted by molar-refractivity contribution is -0.192. The first-order valence-electron chi connectivity index (χ1n) is 14.0. The zero-order chi connectivity index (χ0) is 34.4. The van der Waals surface area contributed by atoms with Crippen LogP contribution in [0.1, 0.15) is 44.2 Å². The van der Waals surface area contributed by atoms with E-state index in [2.05, 4.69) is 9.64 Å². The lowest BCUT2D eigenvalue weighted by Crippen LogP contribution is -2.74. The number of rotatable bonds is 8. The summed E-state index contributed by atoms with van der Waals surface area (Å²) in [5.74, 6) is -5.86. The molecule has 5 rings (SSSR count). The Hall–Kier alpha value is -4.38. The summed E-state index contributed by atoms with van der Waals surface area (Å²) in [6, 6.07) is 3.65. The number of aliphatic hydroxyl groups is 1. The molecular formula is C29H32F3NO13. The summed E-state index contributed by atoms with van der Waals surface area (Å²) in [6.07, 6.45) is -6.75. The van der Waals surface area contributed by atoms with Gasteiger partial charge in [0.05, 0.1) is 24.5 Å². The van der Waals surface area contributed by atoms with E-state index in [-0.39, 0.29) is 18.2 Å². The molecule has 2 aliphatic carbocycles. The molecule has 2 heterocycles. The highest BCUT2D eigenvalue weighted by Crippen LogP contribution is 2.65. The highest BCUT2D eigenvalue weighted by Gasteiger charge is 2.72. The number of ether oxygens (including phenoxy) is 5. The van der Waals surface area contributed by atoms with Crippen LogP contribution in [0.3, 0.4) is 0 Å². The first-order chi connectivity index (χ1) is 21.4. The first kappa shape index (κ1) is 34.5. The largest absolute Gasteiger partial charge is 0.493 e. The van der Waals surface area contributed by atoms with Crippen LogP contribution in [0.4, 0.5) is 13.2 Å². The van der Waals surface area contributed by atoms with Gasteiger partial charge in [-0.05, 0) is 51.1 Å². The van der Waals surface area contributed by atoms with Crippen molar-refractivity contribution >= 4 is 29.8 Å². The van der Waals surface area contributed by atoms with Gasteiger partial charge in [-0.1, -0.05) is 6.07 Å². The van der Waals surface area contributed by atoms with E-state index in [4.69, 9.17) is 34.0 Å². The number of carboxylic acid groups (broad SMARTS) is 2. The van der Waals surface area contributed by atoms with Crippen LogP contribution in [0.25, 0.3) is 0 Å². The lowest BCUT2D eigenvalue weighted by Gasteiger charge is -2.61. The van der Waals surface area contributed by atoms with Gasteiger partial charge in [0.1, 0.15) is 5.76 Å². The number of likely N-dealkylation sites (N-methyl/N-ethyl adjacent to an activating group) is 1. The summed E-state index contributed by atoms with van der Waals surface area (Å²) in [5, 5.41) is 28.5. The number of halogens is 3. The number of alkyl halides is 3. The summed E-state index contributed by atoms with van der Waals surface area (Å²) in [4.78, 5) is 58.7. The molecule has 1 fully saturated rings. The maximum atomic E-state index is 13.0. The molecule has 0 aromatic heterocycles. The molecule has 0 saturated carbocycles. The van der Waals surface area contributed by atoms with E-state index in [0.717, 1.165) is 18.1 Å². The fourth-order valence-electron chi connectivity index (χ4n) is 6.61. The van der Waals surface area contributed by atoms with Gasteiger partial charge in [0.2, 0.25) is 6.10 Å². The number of benzene rings is 1. The zero-order valence-corrected chi connectivity index (χ0v) is 25.1. The molecule has 2 bridgehead atoms. The number of carboxylic acids is 2. The number of hydrogen-bond donors (Lipinski definition) is 3. The number of methoxy groups -OCH3 is 1. The van der Waals surface area contributed by atoms with Gasteiger partial charge in [0.25, 0.3) is 0 Å². The van der Waals surface area contributed by atoms with Gasteiger partial charge in [-0.2, -0.15) is 13.2 Å². The highest BCUT2D eigenvalue weighted by atomic mass is 19.4. The van der Waals surface area contributed by atoms with Crippen LogP contribution in [0.2, 0.25) is 0 Å². The molecule has 0 unspecified atom stereocenters. The molecule has 0 amide bonds. The second-order valence-electron chi connectivity index (χ2n) is 11.3. The number of nitrogens with zero attached hydrogens (tertiary/aromatic N) is 1. The number of piperidine rings is 1. The maximum Gasteiger partial charge on any atom is 0.490 e. The Bertz CT molecular complexity index is 1480. The Kier molecular flexibility index (Phi) is 9.32. The molecule has 252 valence electrons. The van der Waals surface area contributed by atoms with Crippen LogP contribution in [0, 0.1) is 0 Å². The zero-order valence-electron chi connectivity index (χ0n) is 25.1. The number of carbonyl (C=O) groups excluding carboxylic acids is 3. The predicted octanol–water partition coefficient (Wildman–Crippen LogP) is 1.49. The van der Waals surface area contributed by atoms with Gasteiger partial charge in [-0.25, -0.2) is 14.4 Å². The summed E-state index contributed by atoms with van der Waals surface area (Å²) < 4.78 is 59.1. The van der Waals surface area contributed by atoms with Crippen molar-refractivity contribution < 1.29 is 76.1 Å². The van der Waals surface area contributed by atoms with E-state index in [1.165, 1.54) is 14.0 Å². The molecule has 6 atom stereocenters. The molecule has 1 aromatic carbocycles. The molecule has 3 N–H and O–H groups in total. The Morgan fingerprint density at radius 1 is 1.15 bits per heavy atom. The van der Waals surface area contributed by atoms with Crippen molar-refractivity contribution in [3.8, 4) is 11.5 Å². The van der Waals surface area contributed by atoms with E-state index in [1.54, 1.807) is 6.08 Å². The summed E-state index contributed by atoms with van der Waals surface area (Å²) >= 11 is 0. The quantitative estimate of drug-likeness (QED) is 0.268. The van der Waals surface area contributed by atoms with E-state index in [0.29, 0.717) is 30.9 Å². The summed E-state index contributed by atoms with van der Waals surface area (Å²) in [7, 11) is 3.53. The SMILES string of the molecule is COc1ccc2c3c1O[C@H]1C(OC(=O)[C@H](C)OC(=O)C[C@H](OC(C)=O)C(=O)O)=CC[C@@]4(O)[C@@H](C2)N(C)CC[C@]314.O=C(O)C(F)(F)F. The third kappa shape index (κ3) is 5.95. The number of esters is 3. The number of aliphatic carboxylic acids is 2. The fourth-order valence-corrected chi connectivity index (χ4v) is 6.61. The lowest BCUT2D eigenvalue weighted by atomic mass is 9.50. The number of likely N-dealkylation sites (tertiary alicyclic amines) is 1. The minimum absolute atomic E-state index is 0.169. The maximum absolute atomic E-state index is 13.0. The normalized spacial score (nSPS) is 26.8. The van der Waals surface area contributed by atoms with Crippen molar-refractivity contribution in [1.29, 1.82) is 0 Å². The van der Waals surface area contributed by atoms with Crippen LogP contribution < -0.4 is 9.47 Å². The number of carbonyl (C=O) groups is 5. The molecule has 1 spiro atoms. The molecule has 17 heteroatoms. The molecular weight excluding hydrogens is 627 g/mol. The highest BCUT2D eigenvalue weighted by molar-refractivity contribution is 5.85. The Morgan fingerprint density at radius 3 is 2.37 bits per heavy atom. The third-order valence-corrected chi connectivity index (χ3v) is 8.59. The molecule has 14 nitrogen and oxygen atoms in total. The molecule has 1 aromatic rings. The van der Waals surface area contributed by atoms with Crippen LogP contribution in [-0.4, -0.2) is 107 Å². The van der Waals surface area contributed by atoms with Crippen molar-refractivity contribution in [1.82, 2.24) is 4.90 Å². The van der Waals surface area contributed by atoms with Crippen LogP contribution in [-0.2, 0) is 50.0 Å². The third-order valence-electron chi connectivity index (χ3n) is 8.59. The first-order valence-corrected chi connectivity index (χ1v) is 14.0. The van der Waals surface area contributed by atoms with E-state index in [9.17, 15) is 37.5 Å². The van der Waals surface area contributed by atoms with Gasteiger partial charge in [-0.15, -0.1) is 0 Å². The van der Waals surface area contributed by atoms with Gasteiger partial charge in [0, 0.05) is 24.9 Å².